The first-order chi connectivity index (χ1) is 19.2. The fraction of sp³-hybridized carbons (Fsp3) is 0.419. The third kappa shape index (κ3) is 8.25. The zero-order chi connectivity index (χ0) is 28.6. The van der Waals surface area contributed by atoms with Crippen LogP contribution in [0.5, 0.6) is 0 Å². The van der Waals surface area contributed by atoms with Crippen LogP contribution in [-0.4, -0.2) is 46.6 Å². The van der Waals surface area contributed by atoms with Gasteiger partial charge in [0.15, 0.2) is 5.13 Å². The molecule has 2 aromatic carbocycles. The Labute approximate surface area is 245 Å². The second-order valence-corrected chi connectivity index (χ2v) is 13.0. The highest BCUT2D eigenvalue weighted by molar-refractivity contribution is 8.00. The van der Waals surface area contributed by atoms with Crippen molar-refractivity contribution in [2.24, 2.45) is 11.8 Å². The lowest BCUT2D eigenvalue weighted by molar-refractivity contribution is -0.121. The maximum atomic E-state index is 13.0. The van der Waals surface area contributed by atoms with Crippen LogP contribution in [0.15, 0.2) is 58.9 Å². The number of benzene rings is 2. The molecule has 9 heteroatoms. The molecule has 0 aliphatic carbocycles. The van der Waals surface area contributed by atoms with Gasteiger partial charge < -0.3 is 10.2 Å². The number of ketones is 1. The van der Waals surface area contributed by atoms with E-state index in [4.69, 9.17) is 0 Å². The van der Waals surface area contributed by atoms with Crippen molar-refractivity contribution in [2.75, 3.05) is 18.4 Å². The van der Waals surface area contributed by atoms with Crippen LogP contribution in [0.25, 0.3) is 0 Å². The summed E-state index contributed by atoms with van der Waals surface area (Å²) in [5, 5.41) is 6.96. The molecule has 3 aromatic rings. The molecule has 1 fully saturated rings. The molecule has 0 radical (unpaired) electrons. The molecule has 212 valence electrons. The number of thiazole rings is 1. The van der Waals surface area contributed by atoms with Crippen molar-refractivity contribution in [3.05, 3.63) is 77.0 Å². The van der Waals surface area contributed by atoms with Crippen molar-refractivity contribution in [1.29, 1.82) is 0 Å². The number of anilines is 1. The topological polar surface area (TPSA) is 91.4 Å². The van der Waals surface area contributed by atoms with E-state index in [0.717, 1.165) is 34.7 Å². The number of carbonyl (C=O) groups excluding carboxylic acids is 3. The van der Waals surface area contributed by atoms with Crippen LogP contribution in [0.1, 0.15) is 72.4 Å². The van der Waals surface area contributed by atoms with Crippen LogP contribution >= 0.6 is 23.1 Å². The van der Waals surface area contributed by atoms with E-state index in [9.17, 15) is 14.4 Å². The van der Waals surface area contributed by atoms with Crippen LogP contribution in [0.2, 0.25) is 0 Å². The van der Waals surface area contributed by atoms with Gasteiger partial charge in [-0.15, -0.1) is 11.8 Å². The summed E-state index contributed by atoms with van der Waals surface area (Å²) in [4.78, 5) is 43.6. The van der Waals surface area contributed by atoms with E-state index in [-0.39, 0.29) is 23.5 Å². The number of aromatic nitrogens is 1. The molecule has 1 saturated heterocycles. The fourth-order valence-corrected chi connectivity index (χ4v) is 6.27. The summed E-state index contributed by atoms with van der Waals surface area (Å²) in [7, 11) is 0. The zero-order valence-corrected chi connectivity index (χ0v) is 25.2. The zero-order valence-electron chi connectivity index (χ0n) is 23.6. The van der Waals surface area contributed by atoms with Crippen LogP contribution in [0, 0.1) is 11.8 Å². The Morgan fingerprint density at radius 1 is 1.02 bits per heavy atom. The van der Waals surface area contributed by atoms with Gasteiger partial charge in [-0.2, -0.15) is 0 Å². The van der Waals surface area contributed by atoms with Gasteiger partial charge in [-0.1, -0.05) is 49.4 Å². The van der Waals surface area contributed by atoms with E-state index in [1.165, 1.54) is 11.3 Å². The number of nitrogens with zero attached hydrogens (tertiary/aromatic N) is 2. The minimum atomic E-state index is -0.181. The quantitative estimate of drug-likeness (QED) is 0.261. The Bertz CT molecular complexity index is 1310. The van der Waals surface area contributed by atoms with Crippen molar-refractivity contribution in [1.82, 2.24) is 15.2 Å². The number of carbonyl (C=O) groups is 3. The van der Waals surface area contributed by atoms with Gasteiger partial charge in [-0.05, 0) is 68.0 Å². The molecule has 2 heterocycles. The van der Waals surface area contributed by atoms with Crippen LogP contribution in [-0.2, 0) is 17.1 Å². The molecule has 1 aliphatic rings. The summed E-state index contributed by atoms with van der Waals surface area (Å²) < 4.78 is 0.985. The molecule has 2 amide bonds. The number of Topliss-reactive ketones (excluding diaryl/α,β-unsaturated/α-hetero) is 1. The molecule has 1 unspecified atom stereocenters. The average Bonchev–Trinajstić information content (AvgIpc) is 3.41. The number of piperidine rings is 1. The van der Waals surface area contributed by atoms with Crippen LogP contribution in [0.3, 0.4) is 0 Å². The summed E-state index contributed by atoms with van der Waals surface area (Å²) in [6.45, 7) is 10.2. The maximum Gasteiger partial charge on any atom is 0.257 e. The molecule has 1 aliphatic heterocycles. The number of rotatable bonds is 11. The molecular weight excluding hydrogens is 541 g/mol. The first-order valence-electron chi connectivity index (χ1n) is 13.8. The molecule has 2 N–H and O–H groups in total. The Morgan fingerprint density at radius 3 is 2.42 bits per heavy atom. The van der Waals surface area contributed by atoms with Gasteiger partial charge in [0.05, 0.1) is 10.4 Å². The number of likely N-dealkylation sites (tertiary alicyclic amines) is 1. The Balaban J connectivity index is 1.26. The third-order valence-corrected chi connectivity index (χ3v) is 9.64. The largest absolute Gasteiger partial charge is 0.339 e. The van der Waals surface area contributed by atoms with E-state index in [0.29, 0.717) is 47.1 Å². The maximum absolute atomic E-state index is 13.0. The van der Waals surface area contributed by atoms with Crippen molar-refractivity contribution in [3.8, 4) is 0 Å². The Kier molecular flexibility index (Phi) is 10.5. The fourth-order valence-electron chi connectivity index (χ4n) is 4.46. The molecule has 1 aromatic heterocycles. The molecule has 7 nitrogen and oxygen atoms in total. The first kappa shape index (κ1) is 30.0. The minimum absolute atomic E-state index is 0.0195. The molecule has 4 rings (SSSR count). The Hall–Kier alpha value is -3.01. The third-order valence-electron chi connectivity index (χ3n) is 7.46. The molecule has 0 bridgehead atoms. The van der Waals surface area contributed by atoms with E-state index in [2.05, 4.69) is 36.4 Å². The lowest BCUT2D eigenvalue weighted by Gasteiger charge is -2.31. The number of amides is 2. The number of hydrogen-bond acceptors (Lipinski definition) is 7. The van der Waals surface area contributed by atoms with Gasteiger partial charge in [0.2, 0.25) is 0 Å². The van der Waals surface area contributed by atoms with Gasteiger partial charge in [0.25, 0.3) is 11.8 Å². The van der Waals surface area contributed by atoms with Gasteiger partial charge in [0, 0.05) is 48.5 Å². The smallest absolute Gasteiger partial charge is 0.257 e. The molecule has 0 spiro atoms. The molecule has 1 atom stereocenters. The van der Waals surface area contributed by atoms with Crippen LogP contribution < -0.4 is 10.6 Å². The first-order valence-corrected chi connectivity index (χ1v) is 15.6. The predicted molar refractivity (Wildman–Crippen MR) is 163 cm³/mol. The Morgan fingerprint density at radius 2 is 1.75 bits per heavy atom. The highest BCUT2D eigenvalue weighted by atomic mass is 32.2. The average molecular weight is 579 g/mol. The van der Waals surface area contributed by atoms with Crippen LogP contribution in [0.4, 0.5) is 5.13 Å². The summed E-state index contributed by atoms with van der Waals surface area (Å²) >= 11 is 3.06. The monoisotopic (exact) mass is 578 g/mol. The normalized spacial score (nSPS) is 14.8. The van der Waals surface area contributed by atoms with E-state index >= 15 is 0 Å². The molecule has 0 saturated carbocycles. The van der Waals surface area contributed by atoms with Crippen molar-refractivity contribution < 1.29 is 14.4 Å². The summed E-state index contributed by atoms with van der Waals surface area (Å²) in [5.41, 5.74) is 3.45. The lowest BCUT2D eigenvalue weighted by atomic mass is 9.93. The SMILES string of the molecule is CC(=O)C1CCN(C(=O)c2cccc(CSc3cnc(NC(=O)c4ccc(CNC(C)C(C)C)cc4)s3)c2)CC1. The number of nitrogens with one attached hydrogen (secondary N) is 2. The molecular formula is C31H38N4O3S2. The van der Waals surface area contributed by atoms with Gasteiger partial charge in [-0.25, -0.2) is 4.98 Å². The highest BCUT2D eigenvalue weighted by Gasteiger charge is 2.26. The molecule has 40 heavy (non-hydrogen) atoms. The van der Waals surface area contributed by atoms with Crippen molar-refractivity contribution >= 4 is 45.8 Å². The standard InChI is InChI=1S/C31H38N4O3S2/c1-20(2)21(3)32-17-23-8-10-26(11-9-23)29(37)34-31-33-18-28(40-31)39-19-24-6-5-7-27(16-24)30(38)35-14-12-25(13-15-35)22(4)36/h5-11,16,18,20-21,25,32H,12-15,17,19H2,1-4H3,(H,33,34,37). The van der Waals surface area contributed by atoms with E-state index in [1.807, 2.05) is 53.4 Å². The van der Waals surface area contributed by atoms with Gasteiger partial charge in [0.1, 0.15) is 5.78 Å². The second-order valence-electron chi connectivity index (χ2n) is 10.7. The number of thioether (sulfide) groups is 1. The minimum Gasteiger partial charge on any atom is -0.339 e. The van der Waals surface area contributed by atoms with E-state index < -0.39 is 0 Å². The van der Waals surface area contributed by atoms with Gasteiger partial charge in [-0.3, -0.25) is 19.7 Å². The highest BCUT2D eigenvalue weighted by Crippen LogP contribution is 2.31. The van der Waals surface area contributed by atoms with Crippen molar-refractivity contribution in [3.63, 3.8) is 0 Å². The van der Waals surface area contributed by atoms with E-state index in [1.54, 1.807) is 24.9 Å². The van der Waals surface area contributed by atoms with Gasteiger partial charge >= 0.3 is 0 Å². The predicted octanol–water partition coefficient (Wildman–Crippen LogP) is 6.26. The summed E-state index contributed by atoms with van der Waals surface area (Å²) in [6.07, 6.45) is 3.24. The second kappa shape index (κ2) is 14.1. The summed E-state index contributed by atoms with van der Waals surface area (Å²) in [5.74, 6) is 1.38. The van der Waals surface area contributed by atoms with Crippen molar-refractivity contribution in [2.45, 2.75) is 63.1 Å². The summed E-state index contributed by atoms with van der Waals surface area (Å²) in [6, 6.07) is 15.8. The number of hydrogen-bond donors (Lipinski definition) is 2. The lowest BCUT2D eigenvalue weighted by Crippen LogP contribution is -2.39.